The zero-order valence-electron chi connectivity index (χ0n) is 7.89. The predicted molar refractivity (Wildman–Crippen MR) is 52.8 cm³/mol. The summed E-state index contributed by atoms with van der Waals surface area (Å²) in [5.41, 5.74) is 1.06. The van der Waals surface area contributed by atoms with Gasteiger partial charge in [-0.1, -0.05) is 6.07 Å². The Bertz CT molecular complexity index is 497. The van der Waals surface area contributed by atoms with E-state index in [1.54, 1.807) is 35.3 Å². The lowest BCUT2D eigenvalue weighted by Gasteiger charge is -2.03. The maximum Gasteiger partial charge on any atom is 0.129 e. The Morgan fingerprint density at radius 2 is 2.33 bits per heavy atom. The monoisotopic (exact) mass is 201 g/mol. The molecule has 0 radical (unpaired) electrons. The number of hydrogen-bond donors (Lipinski definition) is 0. The van der Waals surface area contributed by atoms with Gasteiger partial charge in [0.05, 0.1) is 18.2 Å². The molecule has 0 unspecified atom stereocenters. The van der Waals surface area contributed by atoms with Crippen LogP contribution >= 0.6 is 0 Å². The fourth-order valence-corrected chi connectivity index (χ4v) is 1.33. The number of rotatable bonds is 2. The summed E-state index contributed by atoms with van der Waals surface area (Å²) in [6.45, 7) is 0. The molecule has 1 aromatic heterocycles. The summed E-state index contributed by atoms with van der Waals surface area (Å²) in [4.78, 5) is 0. The van der Waals surface area contributed by atoms with E-state index in [1.165, 1.54) is 6.07 Å². The first kappa shape index (κ1) is 9.41. The fourth-order valence-electron chi connectivity index (χ4n) is 1.33. The molecule has 3 nitrogen and oxygen atoms in total. The smallest absolute Gasteiger partial charge is 0.129 e. The zero-order chi connectivity index (χ0) is 10.7. The molecule has 0 bridgehead atoms. The molecule has 0 saturated heterocycles. The van der Waals surface area contributed by atoms with Crippen molar-refractivity contribution in [2.75, 3.05) is 0 Å². The van der Waals surface area contributed by atoms with Crippen LogP contribution in [0.2, 0.25) is 0 Å². The maximum absolute atomic E-state index is 13.4. The summed E-state index contributed by atoms with van der Waals surface area (Å²) >= 11 is 0. The van der Waals surface area contributed by atoms with Crippen LogP contribution in [0.3, 0.4) is 0 Å². The lowest BCUT2D eigenvalue weighted by Crippen LogP contribution is -1.97. The van der Waals surface area contributed by atoms with Crippen LogP contribution in [0, 0.1) is 17.1 Å². The summed E-state index contributed by atoms with van der Waals surface area (Å²) in [5.74, 6) is -0.371. The SMILES string of the molecule is N#CCc1ccc(-n2cccn2)cc1F. The predicted octanol–water partition coefficient (Wildman–Crippen LogP) is 2.08. The Kier molecular flexibility index (Phi) is 2.46. The largest absolute Gasteiger partial charge is 0.241 e. The van der Waals surface area contributed by atoms with Gasteiger partial charge >= 0.3 is 0 Å². The van der Waals surface area contributed by atoms with Crippen molar-refractivity contribution in [2.24, 2.45) is 0 Å². The van der Waals surface area contributed by atoms with Crippen LogP contribution in [0.15, 0.2) is 36.7 Å². The Balaban J connectivity index is 2.39. The van der Waals surface area contributed by atoms with Crippen molar-refractivity contribution in [1.82, 2.24) is 9.78 Å². The molecule has 2 aromatic rings. The summed E-state index contributed by atoms with van der Waals surface area (Å²) in [6, 6.07) is 8.40. The second kappa shape index (κ2) is 3.93. The molecule has 15 heavy (non-hydrogen) atoms. The normalized spacial score (nSPS) is 9.87. The number of nitrogens with zero attached hydrogens (tertiary/aromatic N) is 3. The summed E-state index contributed by atoms with van der Waals surface area (Å²) in [5, 5.41) is 12.5. The average molecular weight is 201 g/mol. The number of hydrogen-bond acceptors (Lipinski definition) is 2. The molecule has 0 saturated carbocycles. The average Bonchev–Trinajstić information content (AvgIpc) is 2.74. The highest BCUT2D eigenvalue weighted by Crippen LogP contribution is 2.13. The first-order chi connectivity index (χ1) is 7.31. The van der Waals surface area contributed by atoms with Crippen LogP contribution < -0.4 is 0 Å². The van der Waals surface area contributed by atoms with E-state index in [4.69, 9.17) is 5.26 Å². The lowest BCUT2D eigenvalue weighted by atomic mass is 10.1. The van der Waals surface area contributed by atoms with E-state index in [0.29, 0.717) is 11.3 Å². The van der Waals surface area contributed by atoms with Gasteiger partial charge in [-0.3, -0.25) is 0 Å². The van der Waals surface area contributed by atoms with Gasteiger partial charge in [0.1, 0.15) is 5.82 Å². The van der Waals surface area contributed by atoms with E-state index in [2.05, 4.69) is 5.10 Å². The minimum absolute atomic E-state index is 0.0885. The molecule has 0 aliphatic heterocycles. The van der Waals surface area contributed by atoms with Gasteiger partial charge in [-0.15, -0.1) is 0 Å². The molecule has 0 amide bonds. The second-order valence-corrected chi connectivity index (χ2v) is 3.06. The van der Waals surface area contributed by atoms with E-state index >= 15 is 0 Å². The van der Waals surface area contributed by atoms with Crippen LogP contribution in [0.4, 0.5) is 4.39 Å². The van der Waals surface area contributed by atoms with Gasteiger partial charge in [-0.2, -0.15) is 10.4 Å². The third kappa shape index (κ3) is 1.86. The topological polar surface area (TPSA) is 41.6 Å². The molecule has 2 rings (SSSR count). The van der Waals surface area contributed by atoms with E-state index in [-0.39, 0.29) is 12.2 Å². The fraction of sp³-hybridized carbons (Fsp3) is 0.0909. The van der Waals surface area contributed by atoms with Crippen LogP contribution in [-0.4, -0.2) is 9.78 Å². The van der Waals surface area contributed by atoms with Crippen molar-refractivity contribution in [3.63, 3.8) is 0 Å². The third-order valence-electron chi connectivity index (χ3n) is 2.08. The molecule has 0 N–H and O–H groups in total. The van der Waals surface area contributed by atoms with Gasteiger partial charge in [-0.25, -0.2) is 9.07 Å². The highest BCUT2D eigenvalue weighted by atomic mass is 19.1. The standard InChI is InChI=1S/C11H8FN3/c12-11-8-10(15-7-1-6-14-15)3-2-9(11)4-5-13/h1-3,6-8H,4H2. The van der Waals surface area contributed by atoms with Gasteiger partial charge in [-0.05, 0) is 18.2 Å². The van der Waals surface area contributed by atoms with Crippen LogP contribution in [0.5, 0.6) is 0 Å². The van der Waals surface area contributed by atoms with E-state index in [9.17, 15) is 4.39 Å². The first-order valence-electron chi connectivity index (χ1n) is 4.46. The highest BCUT2D eigenvalue weighted by Gasteiger charge is 2.04. The number of nitriles is 1. The van der Waals surface area contributed by atoms with Crippen molar-refractivity contribution in [3.05, 3.63) is 48.0 Å². The molecular weight excluding hydrogens is 193 g/mol. The minimum atomic E-state index is -0.371. The van der Waals surface area contributed by atoms with Gasteiger partial charge in [0.15, 0.2) is 0 Å². The third-order valence-corrected chi connectivity index (χ3v) is 2.08. The minimum Gasteiger partial charge on any atom is -0.241 e. The molecule has 1 heterocycles. The van der Waals surface area contributed by atoms with Gasteiger partial charge in [0.25, 0.3) is 0 Å². The van der Waals surface area contributed by atoms with E-state index < -0.39 is 0 Å². The van der Waals surface area contributed by atoms with Gasteiger partial charge < -0.3 is 0 Å². The van der Waals surface area contributed by atoms with Crippen molar-refractivity contribution >= 4 is 0 Å². The molecular formula is C11H8FN3. The van der Waals surface area contributed by atoms with Crippen LogP contribution in [0.1, 0.15) is 5.56 Å². The highest BCUT2D eigenvalue weighted by molar-refractivity contribution is 5.35. The van der Waals surface area contributed by atoms with E-state index in [1.807, 2.05) is 6.07 Å². The Hall–Kier alpha value is -2.15. The Morgan fingerprint density at radius 1 is 1.47 bits per heavy atom. The quantitative estimate of drug-likeness (QED) is 0.746. The first-order valence-corrected chi connectivity index (χ1v) is 4.46. The molecule has 0 aliphatic rings. The molecule has 0 atom stereocenters. The van der Waals surface area contributed by atoms with Crippen LogP contribution in [-0.2, 0) is 6.42 Å². The Labute approximate surface area is 86.4 Å². The number of halogens is 1. The number of benzene rings is 1. The van der Waals surface area contributed by atoms with Crippen molar-refractivity contribution in [1.29, 1.82) is 5.26 Å². The molecule has 0 spiro atoms. The van der Waals surface area contributed by atoms with Crippen molar-refractivity contribution < 1.29 is 4.39 Å². The summed E-state index contributed by atoms with van der Waals surface area (Å²) in [7, 11) is 0. The van der Waals surface area contributed by atoms with E-state index in [0.717, 1.165) is 0 Å². The summed E-state index contributed by atoms with van der Waals surface area (Å²) in [6.07, 6.45) is 3.45. The lowest BCUT2D eigenvalue weighted by molar-refractivity contribution is 0.613. The van der Waals surface area contributed by atoms with Crippen LogP contribution in [0.25, 0.3) is 5.69 Å². The van der Waals surface area contributed by atoms with Crippen molar-refractivity contribution in [2.45, 2.75) is 6.42 Å². The summed E-state index contributed by atoms with van der Waals surface area (Å²) < 4.78 is 15.0. The molecule has 1 aromatic carbocycles. The van der Waals surface area contributed by atoms with Gasteiger partial charge in [0.2, 0.25) is 0 Å². The zero-order valence-corrected chi connectivity index (χ0v) is 7.89. The van der Waals surface area contributed by atoms with Crippen molar-refractivity contribution in [3.8, 4) is 11.8 Å². The molecule has 4 heteroatoms. The maximum atomic E-state index is 13.4. The Morgan fingerprint density at radius 3 is 2.93 bits per heavy atom. The molecule has 0 fully saturated rings. The second-order valence-electron chi connectivity index (χ2n) is 3.06. The van der Waals surface area contributed by atoms with Gasteiger partial charge in [0, 0.05) is 18.0 Å². The number of aromatic nitrogens is 2. The molecule has 0 aliphatic carbocycles. The molecule has 74 valence electrons.